The largest absolute Gasteiger partial charge is 0.477 e. The van der Waals surface area contributed by atoms with E-state index >= 15 is 0 Å². The fourth-order valence-corrected chi connectivity index (χ4v) is 2.38. The molecule has 3 rings (SSSR count). The second-order valence-electron chi connectivity index (χ2n) is 4.94. The number of piperazine rings is 1. The van der Waals surface area contributed by atoms with Gasteiger partial charge < -0.3 is 20.6 Å². The van der Waals surface area contributed by atoms with E-state index in [1.807, 2.05) is 23.1 Å². The minimum Gasteiger partial charge on any atom is -0.477 e. The molecule has 0 bridgehead atoms. The topological polar surface area (TPSA) is 108 Å². The minimum absolute atomic E-state index is 0.00958. The Labute approximate surface area is 127 Å². The lowest BCUT2D eigenvalue weighted by molar-refractivity contribution is 0.0697. The van der Waals surface area contributed by atoms with Gasteiger partial charge in [0.25, 0.3) is 0 Å². The van der Waals surface area contributed by atoms with Crippen molar-refractivity contribution in [3.63, 3.8) is 0 Å². The van der Waals surface area contributed by atoms with Crippen LogP contribution < -0.4 is 15.5 Å². The molecule has 2 aromatic rings. The molecule has 0 radical (unpaired) electrons. The number of hydrogen-bond acceptors (Lipinski definition) is 7. The van der Waals surface area contributed by atoms with Gasteiger partial charge in [-0.15, -0.1) is 0 Å². The van der Waals surface area contributed by atoms with Gasteiger partial charge in [0.2, 0.25) is 5.95 Å². The SMILES string of the molecule is Nc1nc(N2CCN(c3ccccn3)CC2)ncc1C(=O)O. The molecule has 0 amide bonds. The predicted octanol–water partition coefficient (Wildman–Crippen LogP) is 0.479. The van der Waals surface area contributed by atoms with Gasteiger partial charge >= 0.3 is 5.97 Å². The number of pyridine rings is 1. The molecule has 8 heteroatoms. The van der Waals surface area contributed by atoms with E-state index in [9.17, 15) is 4.79 Å². The van der Waals surface area contributed by atoms with Crippen LogP contribution in [0.5, 0.6) is 0 Å². The Kier molecular flexibility index (Phi) is 3.73. The van der Waals surface area contributed by atoms with Crippen molar-refractivity contribution in [1.82, 2.24) is 15.0 Å². The summed E-state index contributed by atoms with van der Waals surface area (Å²) in [5, 5.41) is 8.94. The second-order valence-corrected chi connectivity index (χ2v) is 4.94. The van der Waals surface area contributed by atoms with E-state index in [4.69, 9.17) is 10.8 Å². The lowest BCUT2D eigenvalue weighted by Crippen LogP contribution is -2.47. The smallest absolute Gasteiger partial charge is 0.341 e. The summed E-state index contributed by atoms with van der Waals surface area (Å²) in [6, 6.07) is 5.83. The second kappa shape index (κ2) is 5.84. The fourth-order valence-electron chi connectivity index (χ4n) is 2.38. The summed E-state index contributed by atoms with van der Waals surface area (Å²) in [4.78, 5) is 27.6. The first-order chi connectivity index (χ1) is 10.6. The zero-order chi connectivity index (χ0) is 15.5. The van der Waals surface area contributed by atoms with E-state index < -0.39 is 5.97 Å². The molecule has 1 fully saturated rings. The van der Waals surface area contributed by atoms with Crippen molar-refractivity contribution in [2.75, 3.05) is 41.7 Å². The zero-order valence-electron chi connectivity index (χ0n) is 11.9. The first-order valence-corrected chi connectivity index (χ1v) is 6.92. The van der Waals surface area contributed by atoms with Crippen molar-refractivity contribution < 1.29 is 9.90 Å². The Bertz CT molecular complexity index is 670. The van der Waals surface area contributed by atoms with Crippen LogP contribution in [0.2, 0.25) is 0 Å². The number of hydrogen-bond donors (Lipinski definition) is 2. The summed E-state index contributed by atoms with van der Waals surface area (Å²) in [5.74, 6) is 0.278. The monoisotopic (exact) mass is 300 g/mol. The third-order valence-corrected chi connectivity index (χ3v) is 3.57. The number of aromatic nitrogens is 3. The molecule has 22 heavy (non-hydrogen) atoms. The van der Waals surface area contributed by atoms with Crippen LogP contribution in [0.15, 0.2) is 30.6 Å². The van der Waals surface area contributed by atoms with Crippen LogP contribution in [0.1, 0.15) is 10.4 Å². The Morgan fingerprint density at radius 3 is 2.45 bits per heavy atom. The Morgan fingerprint density at radius 2 is 1.86 bits per heavy atom. The molecular formula is C14H16N6O2. The summed E-state index contributed by atoms with van der Waals surface area (Å²) in [7, 11) is 0. The van der Waals surface area contributed by atoms with Gasteiger partial charge in [-0.05, 0) is 12.1 Å². The van der Waals surface area contributed by atoms with Gasteiger partial charge in [0.15, 0.2) is 0 Å². The molecule has 0 aliphatic carbocycles. The molecule has 0 atom stereocenters. The molecule has 0 spiro atoms. The Morgan fingerprint density at radius 1 is 1.14 bits per heavy atom. The molecule has 1 aliphatic heterocycles. The van der Waals surface area contributed by atoms with E-state index in [1.165, 1.54) is 6.20 Å². The van der Waals surface area contributed by atoms with Crippen molar-refractivity contribution >= 4 is 23.6 Å². The average Bonchev–Trinajstić information content (AvgIpc) is 2.55. The van der Waals surface area contributed by atoms with Gasteiger partial charge in [-0.2, -0.15) is 4.98 Å². The zero-order valence-corrected chi connectivity index (χ0v) is 11.9. The maximum atomic E-state index is 10.9. The number of carboxylic acid groups (broad SMARTS) is 1. The van der Waals surface area contributed by atoms with Crippen molar-refractivity contribution in [3.05, 3.63) is 36.2 Å². The molecule has 0 unspecified atom stereocenters. The van der Waals surface area contributed by atoms with Crippen LogP contribution in [-0.4, -0.2) is 52.2 Å². The maximum absolute atomic E-state index is 10.9. The number of nitrogens with two attached hydrogens (primary N) is 1. The number of carbonyl (C=O) groups is 1. The Hall–Kier alpha value is -2.90. The number of nitrogens with zero attached hydrogens (tertiary/aromatic N) is 5. The van der Waals surface area contributed by atoms with Crippen LogP contribution in [0.25, 0.3) is 0 Å². The molecule has 0 aromatic carbocycles. The summed E-state index contributed by atoms with van der Waals surface area (Å²) < 4.78 is 0. The molecule has 114 valence electrons. The van der Waals surface area contributed by atoms with E-state index in [0.717, 1.165) is 32.0 Å². The highest BCUT2D eigenvalue weighted by atomic mass is 16.4. The quantitative estimate of drug-likeness (QED) is 0.842. The van der Waals surface area contributed by atoms with E-state index in [2.05, 4.69) is 19.9 Å². The first kappa shape index (κ1) is 14.1. The van der Waals surface area contributed by atoms with E-state index in [0.29, 0.717) is 5.95 Å². The van der Waals surface area contributed by atoms with Gasteiger partial charge in [-0.3, -0.25) is 0 Å². The third kappa shape index (κ3) is 2.76. The summed E-state index contributed by atoms with van der Waals surface area (Å²) in [6.07, 6.45) is 3.03. The van der Waals surface area contributed by atoms with Gasteiger partial charge in [0.05, 0.1) is 0 Å². The van der Waals surface area contributed by atoms with Crippen LogP contribution in [0, 0.1) is 0 Å². The third-order valence-electron chi connectivity index (χ3n) is 3.57. The number of carboxylic acids is 1. The number of rotatable bonds is 3. The van der Waals surface area contributed by atoms with Crippen LogP contribution in [0.3, 0.4) is 0 Å². The van der Waals surface area contributed by atoms with Gasteiger partial charge in [-0.25, -0.2) is 14.8 Å². The molecule has 1 aliphatic rings. The number of aromatic carboxylic acids is 1. The van der Waals surface area contributed by atoms with Crippen molar-refractivity contribution in [1.29, 1.82) is 0 Å². The lowest BCUT2D eigenvalue weighted by Gasteiger charge is -2.35. The van der Waals surface area contributed by atoms with Crippen LogP contribution in [0.4, 0.5) is 17.6 Å². The number of nitrogen functional groups attached to an aromatic ring is 1. The van der Waals surface area contributed by atoms with Crippen LogP contribution >= 0.6 is 0 Å². The maximum Gasteiger partial charge on any atom is 0.341 e. The van der Waals surface area contributed by atoms with Gasteiger partial charge in [0.1, 0.15) is 17.2 Å². The standard InChI is InChI=1S/C14H16N6O2/c15-12-10(13(21)22)9-17-14(18-12)20-7-5-19(6-8-20)11-3-1-2-4-16-11/h1-4,9H,5-8H2,(H,21,22)(H2,15,17,18). The van der Waals surface area contributed by atoms with Crippen LogP contribution in [-0.2, 0) is 0 Å². The molecule has 3 heterocycles. The van der Waals surface area contributed by atoms with E-state index in [1.54, 1.807) is 6.20 Å². The summed E-state index contributed by atoms with van der Waals surface area (Å²) in [6.45, 7) is 3.03. The predicted molar refractivity (Wildman–Crippen MR) is 82.1 cm³/mol. The van der Waals surface area contributed by atoms with Crippen molar-refractivity contribution in [2.45, 2.75) is 0 Å². The van der Waals surface area contributed by atoms with Crippen molar-refractivity contribution in [3.8, 4) is 0 Å². The molecule has 2 aromatic heterocycles. The average molecular weight is 300 g/mol. The number of anilines is 3. The lowest BCUT2D eigenvalue weighted by atomic mass is 10.3. The fraction of sp³-hybridized carbons (Fsp3) is 0.286. The highest BCUT2D eigenvalue weighted by Crippen LogP contribution is 2.18. The summed E-state index contributed by atoms with van der Waals surface area (Å²) >= 11 is 0. The minimum atomic E-state index is -1.12. The van der Waals surface area contributed by atoms with Gasteiger partial charge in [-0.1, -0.05) is 6.07 Å². The summed E-state index contributed by atoms with van der Waals surface area (Å²) in [5.41, 5.74) is 5.60. The molecule has 1 saturated heterocycles. The molecular weight excluding hydrogens is 284 g/mol. The first-order valence-electron chi connectivity index (χ1n) is 6.92. The van der Waals surface area contributed by atoms with Crippen molar-refractivity contribution in [2.24, 2.45) is 0 Å². The Balaban J connectivity index is 1.69. The van der Waals surface area contributed by atoms with E-state index in [-0.39, 0.29) is 11.4 Å². The molecule has 3 N–H and O–H groups in total. The normalized spacial score (nSPS) is 14.9. The highest BCUT2D eigenvalue weighted by molar-refractivity contribution is 5.92. The molecule has 0 saturated carbocycles. The van der Waals surface area contributed by atoms with Gasteiger partial charge in [0, 0.05) is 38.6 Å². The highest BCUT2D eigenvalue weighted by Gasteiger charge is 2.21. The molecule has 8 nitrogen and oxygen atoms in total.